The van der Waals surface area contributed by atoms with E-state index in [-0.39, 0.29) is 6.04 Å². The zero-order valence-electron chi connectivity index (χ0n) is 12.2. The number of methoxy groups -OCH3 is 1. The fourth-order valence-corrected chi connectivity index (χ4v) is 2.54. The van der Waals surface area contributed by atoms with Gasteiger partial charge in [-0.2, -0.15) is 0 Å². The van der Waals surface area contributed by atoms with Crippen molar-refractivity contribution in [3.05, 3.63) is 54.0 Å². The van der Waals surface area contributed by atoms with Crippen molar-refractivity contribution < 1.29 is 4.74 Å². The third-order valence-corrected chi connectivity index (χ3v) is 3.68. The second kappa shape index (κ2) is 5.54. The SMILES string of the molecule is COc1ncccc1C(N)Cc1nc2ccccc2n1C. The van der Waals surface area contributed by atoms with Crippen molar-refractivity contribution in [1.29, 1.82) is 0 Å². The lowest BCUT2D eigenvalue weighted by Gasteiger charge is -2.14. The van der Waals surface area contributed by atoms with Crippen LogP contribution in [0.5, 0.6) is 5.88 Å². The Morgan fingerprint density at radius 2 is 2.05 bits per heavy atom. The quantitative estimate of drug-likeness (QED) is 0.797. The van der Waals surface area contributed by atoms with Crippen LogP contribution in [0.25, 0.3) is 11.0 Å². The van der Waals surface area contributed by atoms with Gasteiger partial charge in [0.15, 0.2) is 0 Å². The highest BCUT2D eigenvalue weighted by molar-refractivity contribution is 5.75. The molecular formula is C16H18N4O. The Bertz CT molecular complexity index is 766. The molecule has 0 radical (unpaired) electrons. The number of aromatic nitrogens is 3. The highest BCUT2D eigenvalue weighted by atomic mass is 16.5. The van der Waals surface area contributed by atoms with Crippen molar-refractivity contribution in [2.24, 2.45) is 12.8 Å². The molecule has 2 N–H and O–H groups in total. The van der Waals surface area contributed by atoms with Gasteiger partial charge in [-0.25, -0.2) is 9.97 Å². The van der Waals surface area contributed by atoms with Crippen LogP contribution in [0, 0.1) is 0 Å². The number of hydrogen-bond donors (Lipinski definition) is 1. The number of benzene rings is 1. The van der Waals surface area contributed by atoms with Gasteiger partial charge in [0.25, 0.3) is 0 Å². The highest BCUT2D eigenvalue weighted by Crippen LogP contribution is 2.24. The maximum Gasteiger partial charge on any atom is 0.217 e. The fourth-order valence-electron chi connectivity index (χ4n) is 2.54. The lowest BCUT2D eigenvalue weighted by molar-refractivity contribution is 0.388. The molecule has 1 aromatic carbocycles. The van der Waals surface area contributed by atoms with E-state index >= 15 is 0 Å². The number of aryl methyl sites for hydroxylation is 1. The van der Waals surface area contributed by atoms with Crippen LogP contribution in [-0.4, -0.2) is 21.6 Å². The van der Waals surface area contributed by atoms with Gasteiger partial charge < -0.3 is 15.0 Å². The van der Waals surface area contributed by atoms with Crippen LogP contribution in [0.3, 0.4) is 0 Å². The molecule has 1 unspecified atom stereocenters. The van der Waals surface area contributed by atoms with E-state index < -0.39 is 0 Å². The molecule has 21 heavy (non-hydrogen) atoms. The number of imidazole rings is 1. The molecule has 0 aliphatic carbocycles. The summed E-state index contributed by atoms with van der Waals surface area (Å²) in [5.74, 6) is 1.53. The van der Waals surface area contributed by atoms with Crippen LogP contribution in [0.15, 0.2) is 42.6 Å². The zero-order valence-corrected chi connectivity index (χ0v) is 12.2. The van der Waals surface area contributed by atoms with E-state index in [0.29, 0.717) is 12.3 Å². The first-order valence-corrected chi connectivity index (χ1v) is 6.85. The Kier molecular flexibility index (Phi) is 3.58. The average Bonchev–Trinajstić information content (AvgIpc) is 2.84. The third-order valence-electron chi connectivity index (χ3n) is 3.68. The number of nitrogens with zero attached hydrogens (tertiary/aromatic N) is 3. The molecule has 5 heteroatoms. The summed E-state index contributed by atoms with van der Waals surface area (Å²) < 4.78 is 7.36. The lowest BCUT2D eigenvalue weighted by Crippen LogP contribution is -2.17. The highest BCUT2D eigenvalue weighted by Gasteiger charge is 2.16. The standard InChI is InChI=1S/C16H18N4O/c1-20-14-8-4-3-7-13(14)19-15(20)10-12(17)11-6-5-9-18-16(11)21-2/h3-9,12H,10,17H2,1-2H3. The van der Waals surface area contributed by atoms with E-state index in [1.807, 2.05) is 37.4 Å². The predicted octanol–water partition coefficient (Wildman–Crippen LogP) is 2.22. The van der Waals surface area contributed by atoms with E-state index in [1.54, 1.807) is 13.3 Å². The van der Waals surface area contributed by atoms with E-state index in [0.717, 1.165) is 22.4 Å². The van der Waals surface area contributed by atoms with Gasteiger partial charge >= 0.3 is 0 Å². The first-order valence-electron chi connectivity index (χ1n) is 6.85. The van der Waals surface area contributed by atoms with E-state index in [2.05, 4.69) is 20.6 Å². The van der Waals surface area contributed by atoms with Gasteiger partial charge in [0.1, 0.15) is 5.82 Å². The minimum atomic E-state index is -0.204. The molecule has 3 aromatic rings. The molecule has 2 aromatic heterocycles. The number of pyridine rings is 1. The molecule has 0 saturated heterocycles. The molecule has 3 rings (SSSR count). The molecule has 0 spiro atoms. The van der Waals surface area contributed by atoms with Gasteiger partial charge in [-0.3, -0.25) is 0 Å². The summed E-state index contributed by atoms with van der Waals surface area (Å²) in [7, 11) is 3.62. The van der Waals surface area contributed by atoms with Crippen molar-refractivity contribution in [2.75, 3.05) is 7.11 Å². The van der Waals surface area contributed by atoms with Crippen LogP contribution in [0.1, 0.15) is 17.4 Å². The molecule has 0 saturated carbocycles. The summed E-state index contributed by atoms with van der Waals surface area (Å²) in [6.45, 7) is 0. The average molecular weight is 282 g/mol. The predicted molar refractivity (Wildman–Crippen MR) is 82.1 cm³/mol. The van der Waals surface area contributed by atoms with Gasteiger partial charge in [0.2, 0.25) is 5.88 Å². The molecule has 0 aliphatic heterocycles. The summed E-state index contributed by atoms with van der Waals surface area (Å²) in [6.07, 6.45) is 2.33. The monoisotopic (exact) mass is 282 g/mol. The van der Waals surface area contributed by atoms with Crippen LogP contribution in [0.4, 0.5) is 0 Å². The minimum absolute atomic E-state index is 0.204. The molecule has 1 atom stereocenters. The Labute approximate surface area is 123 Å². The van der Waals surface area contributed by atoms with Gasteiger partial charge in [0.05, 0.1) is 18.1 Å². The Hall–Kier alpha value is -2.40. The van der Waals surface area contributed by atoms with Crippen LogP contribution in [0.2, 0.25) is 0 Å². The summed E-state index contributed by atoms with van der Waals surface area (Å²) in [5.41, 5.74) is 9.31. The lowest BCUT2D eigenvalue weighted by atomic mass is 10.1. The Balaban J connectivity index is 1.93. The maximum atomic E-state index is 6.32. The minimum Gasteiger partial charge on any atom is -0.481 e. The number of rotatable bonds is 4. The smallest absolute Gasteiger partial charge is 0.217 e. The molecule has 108 valence electrons. The molecule has 5 nitrogen and oxygen atoms in total. The van der Waals surface area contributed by atoms with Gasteiger partial charge in [-0.1, -0.05) is 18.2 Å². The Morgan fingerprint density at radius 3 is 2.81 bits per heavy atom. The largest absolute Gasteiger partial charge is 0.481 e. The molecule has 0 aliphatic rings. The van der Waals surface area contributed by atoms with Crippen LogP contribution < -0.4 is 10.5 Å². The van der Waals surface area contributed by atoms with E-state index in [4.69, 9.17) is 10.5 Å². The van der Waals surface area contributed by atoms with Crippen molar-refractivity contribution in [1.82, 2.24) is 14.5 Å². The molecule has 2 heterocycles. The summed E-state index contributed by atoms with van der Waals surface area (Å²) >= 11 is 0. The number of hydrogen-bond acceptors (Lipinski definition) is 4. The van der Waals surface area contributed by atoms with Gasteiger partial charge in [0, 0.05) is 31.3 Å². The van der Waals surface area contributed by atoms with Crippen molar-refractivity contribution in [3.8, 4) is 5.88 Å². The maximum absolute atomic E-state index is 6.32. The van der Waals surface area contributed by atoms with E-state index in [9.17, 15) is 0 Å². The normalized spacial score (nSPS) is 12.5. The molecular weight excluding hydrogens is 264 g/mol. The van der Waals surface area contributed by atoms with Crippen LogP contribution >= 0.6 is 0 Å². The first-order chi connectivity index (χ1) is 10.2. The number of ether oxygens (including phenoxy) is 1. The van der Waals surface area contributed by atoms with Gasteiger partial charge in [-0.15, -0.1) is 0 Å². The second-order valence-electron chi connectivity index (χ2n) is 4.99. The number of nitrogens with two attached hydrogens (primary N) is 1. The Morgan fingerprint density at radius 1 is 1.24 bits per heavy atom. The van der Waals surface area contributed by atoms with Crippen molar-refractivity contribution in [3.63, 3.8) is 0 Å². The number of fused-ring (bicyclic) bond motifs is 1. The summed E-state index contributed by atoms with van der Waals surface area (Å²) in [5, 5.41) is 0. The first kappa shape index (κ1) is 13.6. The molecule has 0 fully saturated rings. The second-order valence-corrected chi connectivity index (χ2v) is 4.99. The zero-order chi connectivity index (χ0) is 14.8. The summed E-state index contributed by atoms with van der Waals surface area (Å²) in [4.78, 5) is 8.85. The van der Waals surface area contributed by atoms with Gasteiger partial charge in [-0.05, 0) is 18.2 Å². The van der Waals surface area contributed by atoms with Crippen molar-refractivity contribution >= 4 is 11.0 Å². The topological polar surface area (TPSA) is 66.0 Å². The van der Waals surface area contributed by atoms with Crippen LogP contribution in [-0.2, 0) is 13.5 Å². The fraction of sp³-hybridized carbons (Fsp3) is 0.250. The third kappa shape index (κ3) is 2.48. The summed E-state index contributed by atoms with van der Waals surface area (Å²) in [6, 6.07) is 11.7. The van der Waals surface area contributed by atoms with E-state index in [1.165, 1.54) is 0 Å². The number of para-hydroxylation sites is 2. The van der Waals surface area contributed by atoms with Crippen molar-refractivity contribution in [2.45, 2.75) is 12.5 Å². The molecule has 0 bridgehead atoms. The molecule has 0 amide bonds.